The maximum atomic E-state index is 13.8. The predicted octanol–water partition coefficient (Wildman–Crippen LogP) is 8.44. The first kappa shape index (κ1) is 35.2. The highest BCUT2D eigenvalue weighted by Crippen LogP contribution is 2.42. The lowest BCUT2D eigenvalue weighted by molar-refractivity contribution is 0.0578. The fraction of sp³-hybridized carbons (Fsp3) is 0.140. The van der Waals surface area contributed by atoms with E-state index >= 15 is 0 Å². The molecule has 0 aliphatic heterocycles. The Hall–Kier alpha value is -6.61. The van der Waals surface area contributed by atoms with Gasteiger partial charge in [0, 0.05) is 16.7 Å². The Kier molecular flexibility index (Phi) is 11.1. The van der Waals surface area contributed by atoms with Crippen molar-refractivity contribution in [2.45, 2.75) is 19.8 Å². The molecule has 0 spiro atoms. The standard InChI is InChI=1S/C43H37NO8/c1-48-34-20-14-31(15-21-34)37(45)26-44-40(42(46)49-2)38(32-16-22-35(23-17-32)51-27-29-10-6-4-7-11-29)39(41(44)43(47)50-3)33-18-24-36(25-19-33)52-28-30-12-8-5-9-13-30/h4-25H,26-28H2,1-3H3. The highest BCUT2D eigenvalue weighted by molar-refractivity contribution is 6.10. The van der Waals surface area contributed by atoms with Crippen LogP contribution < -0.4 is 14.2 Å². The van der Waals surface area contributed by atoms with Crippen LogP contribution >= 0.6 is 0 Å². The summed E-state index contributed by atoms with van der Waals surface area (Å²) in [6, 6.07) is 40.6. The Balaban J connectivity index is 1.47. The second kappa shape index (κ2) is 16.4. The third-order valence-corrected chi connectivity index (χ3v) is 8.52. The summed E-state index contributed by atoms with van der Waals surface area (Å²) in [4.78, 5) is 41.3. The molecule has 6 rings (SSSR count). The van der Waals surface area contributed by atoms with Crippen molar-refractivity contribution in [3.63, 3.8) is 0 Å². The number of carbonyl (C=O) groups is 3. The lowest BCUT2D eigenvalue weighted by atomic mass is 9.94. The number of hydrogen-bond acceptors (Lipinski definition) is 8. The van der Waals surface area contributed by atoms with Crippen molar-refractivity contribution in [1.82, 2.24) is 4.57 Å². The lowest BCUT2D eigenvalue weighted by Gasteiger charge is -2.12. The molecule has 0 bridgehead atoms. The fourth-order valence-corrected chi connectivity index (χ4v) is 5.89. The number of hydrogen-bond donors (Lipinski definition) is 0. The van der Waals surface area contributed by atoms with E-state index in [1.54, 1.807) is 72.8 Å². The molecular weight excluding hydrogens is 658 g/mol. The molecule has 6 aromatic rings. The molecule has 0 unspecified atom stereocenters. The van der Waals surface area contributed by atoms with Crippen molar-refractivity contribution in [2.75, 3.05) is 21.3 Å². The van der Waals surface area contributed by atoms with Crippen LogP contribution in [0.3, 0.4) is 0 Å². The summed E-state index contributed by atoms with van der Waals surface area (Å²) in [5.41, 5.74) is 4.39. The van der Waals surface area contributed by atoms with E-state index in [9.17, 15) is 14.4 Å². The van der Waals surface area contributed by atoms with Crippen molar-refractivity contribution in [1.29, 1.82) is 0 Å². The molecule has 52 heavy (non-hydrogen) atoms. The van der Waals surface area contributed by atoms with Crippen LogP contribution in [0.1, 0.15) is 42.5 Å². The van der Waals surface area contributed by atoms with Gasteiger partial charge in [-0.3, -0.25) is 4.79 Å². The van der Waals surface area contributed by atoms with Crippen molar-refractivity contribution in [2.24, 2.45) is 0 Å². The molecule has 262 valence electrons. The number of Topliss-reactive ketones (excluding diaryl/α,β-unsaturated/α-hetero) is 1. The second-order valence-corrected chi connectivity index (χ2v) is 11.8. The van der Waals surface area contributed by atoms with E-state index in [0.717, 1.165) is 11.1 Å². The normalized spacial score (nSPS) is 10.7. The first-order chi connectivity index (χ1) is 25.4. The largest absolute Gasteiger partial charge is 0.497 e. The average molecular weight is 696 g/mol. The maximum absolute atomic E-state index is 13.8. The molecule has 1 heterocycles. The van der Waals surface area contributed by atoms with Gasteiger partial charge in [0.1, 0.15) is 41.9 Å². The third-order valence-electron chi connectivity index (χ3n) is 8.52. The average Bonchev–Trinajstić information content (AvgIpc) is 3.54. The van der Waals surface area contributed by atoms with E-state index in [-0.39, 0.29) is 23.7 Å². The lowest BCUT2D eigenvalue weighted by Crippen LogP contribution is -2.21. The molecule has 0 radical (unpaired) electrons. The van der Waals surface area contributed by atoms with E-state index in [0.29, 0.717) is 58.3 Å². The summed E-state index contributed by atoms with van der Waals surface area (Å²) in [7, 11) is 4.05. The van der Waals surface area contributed by atoms with Gasteiger partial charge in [0.15, 0.2) is 5.78 Å². The van der Waals surface area contributed by atoms with Crippen LogP contribution in [0, 0.1) is 0 Å². The predicted molar refractivity (Wildman–Crippen MR) is 197 cm³/mol. The summed E-state index contributed by atoms with van der Waals surface area (Å²) in [5.74, 6) is -0.0188. The van der Waals surface area contributed by atoms with Gasteiger partial charge in [-0.2, -0.15) is 0 Å². The monoisotopic (exact) mass is 695 g/mol. The molecule has 0 N–H and O–H groups in total. The summed E-state index contributed by atoms with van der Waals surface area (Å²) >= 11 is 0. The summed E-state index contributed by atoms with van der Waals surface area (Å²) < 4.78 is 29.3. The topological polar surface area (TPSA) is 102 Å². The van der Waals surface area contributed by atoms with Gasteiger partial charge in [0.2, 0.25) is 0 Å². The summed E-state index contributed by atoms with van der Waals surface area (Å²) in [6.07, 6.45) is 0. The number of carbonyl (C=O) groups excluding carboxylic acids is 3. The molecule has 0 aliphatic carbocycles. The first-order valence-electron chi connectivity index (χ1n) is 16.5. The molecule has 5 aromatic carbocycles. The van der Waals surface area contributed by atoms with Crippen molar-refractivity contribution < 1.29 is 38.1 Å². The molecule has 9 heteroatoms. The number of nitrogens with zero attached hydrogens (tertiary/aromatic N) is 1. The van der Waals surface area contributed by atoms with Gasteiger partial charge in [0.25, 0.3) is 0 Å². The molecule has 9 nitrogen and oxygen atoms in total. The first-order valence-corrected chi connectivity index (χ1v) is 16.5. The van der Waals surface area contributed by atoms with Gasteiger partial charge in [-0.1, -0.05) is 84.9 Å². The van der Waals surface area contributed by atoms with E-state index in [1.807, 2.05) is 60.7 Å². The number of aromatic nitrogens is 1. The molecule has 0 saturated heterocycles. The Bertz CT molecular complexity index is 2010. The molecule has 0 aliphatic rings. The van der Waals surface area contributed by atoms with Gasteiger partial charge in [-0.25, -0.2) is 9.59 Å². The molecular formula is C43H37NO8. The van der Waals surface area contributed by atoms with Crippen LogP contribution in [-0.2, 0) is 29.2 Å². The van der Waals surface area contributed by atoms with E-state index in [4.69, 9.17) is 23.7 Å². The van der Waals surface area contributed by atoms with E-state index in [2.05, 4.69) is 0 Å². The van der Waals surface area contributed by atoms with Gasteiger partial charge in [-0.05, 0) is 70.8 Å². The fourth-order valence-electron chi connectivity index (χ4n) is 5.89. The van der Waals surface area contributed by atoms with E-state index < -0.39 is 11.9 Å². The van der Waals surface area contributed by atoms with Crippen LogP contribution in [0.25, 0.3) is 22.3 Å². The Morgan fingerprint density at radius 2 is 0.904 bits per heavy atom. The third kappa shape index (κ3) is 7.89. The molecule has 0 amide bonds. The van der Waals surface area contributed by atoms with Crippen molar-refractivity contribution >= 4 is 17.7 Å². The van der Waals surface area contributed by atoms with Crippen LogP contribution in [-0.4, -0.2) is 43.6 Å². The maximum Gasteiger partial charge on any atom is 0.355 e. The number of ether oxygens (including phenoxy) is 5. The number of ketones is 1. The van der Waals surface area contributed by atoms with Gasteiger partial charge in [0.05, 0.1) is 27.9 Å². The minimum absolute atomic E-state index is 0.0159. The molecule has 1 aromatic heterocycles. The zero-order valence-electron chi connectivity index (χ0n) is 29.0. The minimum Gasteiger partial charge on any atom is -0.497 e. The smallest absolute Gasteiger partial charge is 0.355 e. The second-order valence-electron chi connectivity index (χ2n) is 11.8. The highest BCUT2D eigenvalue weighted by atomic mass is 16.5. The summed E-state index contributed by atoms with van der Waals surface area (Å²) in [6.45, 7) is 0.381. The Morgan fingerprint density at radius 1 is 0.500 bits per heavy atom. The van der Waals surface area contributed by atoms with Crippen LogP contribution in [0.4, 0.5) is 0 Å². The van der Waals surface area contributed by atoms with E-state index in [1.165, 1.54) is 25.9 Å². The zero-order valence-corrected chi connectivity index (χ0v) is 29.0. The van der Waals surface area contributed by atoms with Crippen LogP contribution in [0.15, 0.2) is 133 Å². The van der Waals surface area contributed by atoms with Gasteiger partial charge in [-0.15, -0.1) is 0 Å². The van der Waals surface area contributed by atoms with Crippen molar-refractivity contribution in [3.05, 3.63) is 162 Å². The molecule has 0 saturated carbocycles. The number of esters is 2. The van der Waals surface area contributed by atoms with Gasteiger partial charge >= 0.3 is 11.9 Å². The Morgan fingerprint density at radius 3 is 1.29 bits per heavy atom. The SMILES string of the molecule is COC(=O)c1c(-c2ccc(OCc3ccccc3)cc2)c(-c2ccc(OCc3ccccc3)cc2)c(C(=O)OC)n1CC(=O)c1ccc(OC)cc1. The van der Waals surface area contributed by atoms with Gasteiger partial charge < -0.3 is 28.3 Å². The quantitative estimate of drug-likeness (QED) is 0.0827. The molecule has 0 fully saturated rings. The van der Waals surface area contributed by atoms with Crippen molar-refractivity contribution in [3.8, 4) is 39.5 Å². The number of benzene rings is 5. The highest BCUT2D eigenvalue weighted by Gasteiger charge is 2.34. The molecule has 0 atom stereocenters. The van der Waals surface area contributed by atoms with Crippen LogP contribution in [0.2, 0.25) is 0 Å². The number of methoxy groups -OCH3 is 3. The Labute approximate surface area is 301 Å². The minimum atomic E-state index is -0.735. The van der Waals surface area contributed by atoms with Crippen LogP contribution in [0.5, 0.6) is 17.2 Å². The summed E-state index contributed by atoms with van der Waals surface area (Å²) in [5, 5.41) is 0. The number of rotatable bonds is 14. The zero-order chi connectivity index (χ0) is 36.5.